The third-order valence-electron chi connectivity index (χ3n) is 3.39. The fourth-order valence-electron chi connectivity index (χ4n) is 2.25. The lowest BCUT2D eigenvalue weighted by Crippen LogP contribution is -2.35. The van der Waals surface area contributed by atoms with Crippen LogP contribution in [0.4, 0.5) is 0 Å². The van der Waals surface area contributed by atoms with Gasteiger partial charge in [0.15, 0.2) is 0 Å². The predicted octanol–water partition coefficient (Wildman–Crippen LogP) is 1.38. The molecule has 0 radical (unpaired) electrons. The molecule has 0 atom stereocenters. The summed E-state index contributed by atoms with van der Waals surface area (Å²) in [5.41, 5.74) is 2.27. The Morgan fingerprint density at radius 1 is 1.16 bits per heavy atom. The van der Waals surface area contributed by atoms with Crippen molar-refractivity contribution in [1.82, 2.24) is 4.90 Å². The van der Waals surface area contributed by atoms with Gasteiger partial charge in [-0.3, -0.25) is 4.90 Å². The first-order valence-corrected chi connectivity index (χ1v) is 6.87. The standard InChI is InChI=1S/C16H21NO2/c18-12-2-1-3-14-4-6-15(7-5-14)13-17-10-8-16(19)9-11-17/h4-7,16,18-19H,2,8-13H2. The Kier molecular flexibility index (Phi) is 5.41. The molecule has 0 unspecified atom stereocenters. The number of nitrogens with zero attached hydrogens (tertiary/aromatic N) is 1. The third-order valence-corrected chi connectivity index (χ3v) is 3.39. The molecule has 0 spiro atoms. The van der Waals surface area contributed by atoms with Crippen LogP contribution in [0.25, 0.3) is 0 Å². The second-order valence-corrected chi connectivity index (χ2v) is 4.98. The van der Waals surface area contributed by atoms with Crippen molar-refractivity contribution in [3.63, 3.8) is 0 Å². The Bertz CT molecular complexity index is 436. The van der Waals surface area contributed by atoms with E-state index in [9.17, 15) is 5.11 Å². The summed E-state index contributed by atoms with van der Waals surface area (Å²) in [6, 6.07) is 8.26. The van der Waals surface area contributed by atoms with Crippen molar-refractivity contribution in [1.29, 1.82) is 0 Å². The maximum atomic E-state index is 9.47. The summed E-state index contributed by atoms with van der Waals surface area (Å²) in [5, 5.41) is 18.1. The SMILES string of the molecule is OCCC#Cc1ccc(CN2CCC(O)CC2)cc1. The molecule has 0 aromatic heterocycles. The van der Waals surface area contributed by atoms with Gasteiger partial charge in [-0.1, -0.05) is 24.0 Å². The molecule has 0 bridgehead atoms. The van der Waals surface area contributed by atoms with Gasteiger partial charge in [0.2, 0.25) is 0 Å². The molecule has 2 N–H and O–H groups in total. The van der Waals surface area contributed by atoms with E-state index >= 15 is 0 Å². The average Bonchev–Trinajstić information content (AvgIpc) is 2.44. The molecule has 1 fully saturated rings. The highest BCUT2D eigenvalue weighted by Crippen LogP contribution is 2.14. The summed E-state index contributed by atoms with van der Waals surface area (Å²) in [7, 11) is 0. The van der Waals surface area contributed by atoms with Crippen LogP contribution >= 0.6 is 0 Å². The van der Waals surface area contributed by atoms with Crippen molar-refractivity contribution in [3.05, 3.63) is 35.4 Å². The van der Waals surface area contributed by atoms with Gasteiger partial charge in [-0.25, -0.2) is 0 Å². The van der Waals surface area contributed by atoms with Crippen LogP contribution in [-0.4, -0.2) is 40.9 Å². The van der Waals surface area contributed by atoms with Crippen LogP contribution in [0.3, 0.4) is 0 Å². The second-order valence-electron chi connectivity index (χ2n) is 4.98. The molecule has 3 nitrogen and oxygen atoms in total. The van der Waals surface area contributed by atoms with E-state index in [1.54, 1.807) is 0 Å². The van der Waals surface area contributed by atoms with E-state index in [0.717, 1.165) is 38.0 Å². The summed E-state index contributed by atoms with van der Waals surface area (Å²) >= 11 is 0. The van der Waals surface area contributed by atoms with Crippen LogP contribution in [0.1, 0.15) is 30.4 Å². The van der Waals surface area contributed by atoms with E-state index in [0.29, 0.717) is 6.42 Å². The van der Waals surface area contributed by atoms with Crippen molar-refractivity contribution in [2.75, 3.05) is 19.7 Å². The fraction of sp³-hybridized carbons (Fsp3) is 0.500. The Morgan fingerprint density at radius 3 is 2.47 bits per heavy atom. The summed E-state index contributed by atoms with van der Waals surface area (Å²) in [6.45, 7) is 3.00. The van der Waals surface area contributed by atoms with Gasteiger partial charge >= 0.3 is 0 Å². The van der Waals surface area contributed by atoms with Gasteiger partial charge in [-0.2, -0.15) is 0 Å². The molecule has 1 aliphatic heterocycles. The second kappa shape index (κ2) is 7.30. The molecule has 1 aliphatic rings. The van der Waals surface area contributed by atoms with E-state index in [2.05, 4.69) is 28.9 Å². The molecule has 2 rings (SSSR count). The highest BCUT2D eigenvalue weighted by Gasteiger charge is 2.16. The molecule has 19 heavy (non-hydrogen) atoms. The van der Waals surface area contributed by atoms with Crippen LogP contribution < -0.4 is 0 Å². The number of benzene rings is 1. The molecule has 1 saturated heterocycles. The van der Waals surface area contributed by atoms with Crippen molar-refractivity contribution in [2.24, 2.45) is 0 Å². The maximum Gasteiger partial charge on any atom is 0.0564 e. The van der Waals surface area contributed by atoms with Crippen LogP contribution in [0.2, 0.25) is 0 Å². The number of hydrogen-bond donors (Lipinski definition) is 2. The van der Waals surface area contributed by atoms with Gasteiger partial charge in [0, 0.05) is 31.6 Å². The first-order chi connectivity index (χ1) is 9.28. The first-order valence-electron chi connectivity index (χ1n) is 6.87. The molecular weight excluding hydrogens is 238 g/mol. The summed E-state index contributed by atoms with van der Waals surface area (Å²) in [4.78, 5) is 2.37. The summed E-state index contributed by atoms with van der Waals surface area (Å²) < 4.78 is 0. The summed E-state index contributed by atoms with van der Waals surface area (Å²) in [5.74, 6) is 5.94. The fourth-order valence-corrected chi connectivity index (χ4v) is 2.25. The zero-order valence-corrected chi connectivity index (χ0v) is 11.2. The van der Waals surface area contributed by atoms with Gasteiger partial charge in [0.25, 0.3) is 0 Å². The van der Waals surface area contributed by atoms with Gasteiger partial charge in [-0.15, -0.1) is 0 Å². The average molecular weight is 259 g/mol. The Labute approximate surface area is 114 Å². The van der Waals surface area contributed by atoms with Crippen LogP contribution in [0, 0.1) is 11.8 Å². The van der Waals surface area contributed by atoms with Gasteiger partial charge in [-0.05, 0) is 30.5 Å². The Hall–Kier alpha value is -1.34. The predicted molar refractivity (Wildman–Crippen MR) is 75.5 cm³/mol. The van der Waals surface area contributed by atoms with Gasteiger partial charge in [0.1, 0.15) is 0 Å². The molecule has 0 amide bonds. The first kappa shape index (κ1) is 14.1. The van der Waals surface area contributed by atoms with Gasteiger partial charge < -0.3 is 10.2 Å². The minimum absolute atomic E-state index is 0.111. The van der Waals surface area contributed by atoms with Crippen molar-refractivity contribution >= 4 is 0 Å². The number of hydrogen-bond acceptors (Lipinski definition) is 3. The minimum Gasteiger partial charge on any atom is -0.395 e. The molecule has 0 saturated carbocycles. The zero-order valence-electron chi connectivity index (χ0n) is 11.2. The highest BCUT2D eigenvalue weighted by molar-refractivity contribution is 5.36. The molecule has 3 heteroatoms. The largest absolute Gasteiger partial charge is 0.395 e. The van der Waals surface area contributed by atoms with Crippen molar-refractivity contribution in [2.45, 2.75) is 31.9 Å². The number of rotatable bonds is 3. The maximum absolute atomic E-state index is 9.47. The van der Waals surface area contributed by atoms with Crippen molar-refractivity contribution < 1.29 is 10.2 Å². The number of aliphatic hydroxyl groups is 2. The number of aliphatic hydroxyl groups excluding tert-OH is 2. The quantitative estimate of drug-likeness (QED) is 0.806. The van der Waals surface area contributed by atoms with Crippen LogP contribution in [0.15, 0.2) is 24.3 Å². The van der Waals surface area contributed by atoms with E-state index in [1.165, 1.54) is 5.56 Å². The molecular formula is C16H21NO2. The molecule has 1 heterocycles. The van der Waals surface area contributed by atoms with Crippen LogP contribution in [0.5, 0.6) is 0 Å². The highest BCUT2D eigenvalue weighted by atomic mass is 16.3. The van der Waals surface area contributed by atoms with Crippen LogP contribution in [-0.2, 0) is 6.54 Å². The number of likely N-dealkylation sites (tertiary alicyclic amines) is 1. The molecule has 102 valence electrons. The Morgan fingerprint density at radius 2 is 1.84 bits per heavy atom. The third kappa shape index (κ3) is 4.68. The summed E-state index contributed by atoms with van der Waals surface area (Å²) in [6.07, 6.45) is 2.17. The normalized spacial score (nSPS) is 16.9. The van der Waals surface area contributed by atoms with E-state index in [-0.39, 0.29) is 12.7 Å². The monoisotopic (exact) mass is 259 g/mol. The van der Waals surface area contributed by atoms with E-state index in [4.69, 9.17) is 5.11 Å². The van der Waals surface area contributed by atoms with Crippen molar-refractivity contribution in [3.8, 4) is 11.8 Å². The lowest BCUT2D eigenvalue weighted by molar-refractivity contribution is 0.0792. The lowest BCUT2D eigenvalue weighted by atomic mass is 10.1. The molecule has 1 aromatic rings. The lowest BCUT2D eigenvalue weighted by Gasteiger charge is -2.29. The number of piperidine rings is 1. The van der Waals surface area contributed by atoms with Gasteiger partial charge in [0.05, 0.1) is 12.7 Å². The molecule has 1 aromatic carbocycles. The molecule has 0 aliphatic carbocycles. The Balaban J connectivity index is 1.87. The topological polar surface area (TPSA) is 43.7 Å². The van der Waals surface area contributed by atoms with E-state index < -0.39 is 0 Å². The zero-order chi connectivity index (χ0) is 13.5. The van der Waals surface area contributed by atoms with E-state index in [1.807, 2.05) is 12.1 Å². The smallest absolute Gasteiger partial charge is 0.0564 e. The minimum atomic E-state index is -0.111.